The second-order valence-electron chi connectivity index (χ2n) is 3.02. The Morgan fingerprint density at radius 3 is 2.30 bits per heavy atom. The van der Waals surface area contributed by atoms with Crippen LogP contribution in [0.3, 0.4) is 0 Å². The number of nitriles is 1. The van der Waals surface area contributed by atoms with Crippen LogP contribution in [0.2, 0.25) is 5.31 Å². The molecule has 0 atom stereocenters. The highest BCUT2D eigenvalue weighted by Crippen LogP contribution is 2.31. The van der Waals surface area contributed by atoms with Gasteiger partial charge in [0.1, 0.15) is 0 Å². The Labute approximate surface area is 61.4 Å². The van der Waals surface area contributed by atoms with E-state index in [1.807, 2.05) is 6.07 Å². The summed E-state index contributed by atoms with van der Waals surface area (Å²) >= 11 is 0. The standard InChI is InChI=1S/C6H12BNO2/c1-6(2,7(9)10)4-3-5-8/h9-10H,3-4H2,1-2H3. The van der Waals surface area contributed by atoms with Gasteiger partial charge in [0.05, 0.1) is 6.07 Å². The zero-order valence-corrected chi connectivity index (χ0v) is 6.33. The molecule has 0 aliphatic heterocycles. The van der Waals surface area contributed by atoms with E-state index in [1.54, 1.807) is 13.8 Å². The molecule has 0 fully saturated rings. The largest absolute Gasteiger partial charge is 0.457 e. The summed E-state index contributed by atoms with van der Waals surface area (Å²) in [6.07, 6.45) is 0.881. The predicted molar refractivity (Wildman–Crippen MR) is 39.1 cm³/mol. The van der Waals surface area contributed by atoms with Crippen molar-refractivity contribution in [3.63, 3.8) is 0 Å². The molecule has 0 heterocycles. The number of hydrogen-bond acceptors (Lipinski definition) is 3. The average molecular weight is 141 g/mol. The van der Waals surface area contributed by atoms with Crippen LogP contribution in [0, 0.1) is 11.3 Å². The van der Waals surface area contributed by atoms with Crippen LogP contribution in [-0.4, -0.2) is 17.2 Å². The number of hydrogen-bond donors (Lipinski definition) is 2. The summed E-state index contributed by atoms with van der Waals surface area (Å²) in [5.41, 5.74) is 0. The summed E-state index contributed by atoms with van der Waals surface area (Å²) in [7, 11) is -1.33. The normalized spacial score (nSPS) is 10.7. The fourth-order valence-corrected chi connectivity index (χ4v) is 0.507. The summed E-state index contributed by atoms with van der Waals surface area (Å²) in [4.78, 5) is 0. The molecule has 2 N–H and O–H groups in total. The van der Waals surface area contributed by atoms with Crippen LogP contribution in [0.15, 0.2) is 0 Å². The maximum Gasteiger partial charge on any atom is 0.457 e. The van der Waals surface area contributed by atoms with E-state index >= 15 is 0 Å². The van der Waals surface area contributed by atoms with Gasteiger partial charge in [-0.3, -0.25) is 0 Å². The topological polar surface area (TPSA) is 64.2 Å². The second kappa shape index (κ2) is 3.60. The van der Waals surface area contributed by atoms with Gasteiger partial charge in [-0.05, 0) is 6.42 Å². The molecule has 0 aliphatic carbocycles. The fourth-order valence-electron chi connectivity index (χ4n) is 0.507. The van der Waals surface area contributed by atoms with E-state index in [4.69, 9.17) is 15.3 Å². The van der Waals surface area contributed by atoms with Gasteiger partial charge in [0.15, 0.2) is 0 Å². The Bertz CT molecular complexity index is 139. The first-order valence-corrected chi connectivity index (χ1v) is 3.24. The van der Waals surface area contributed by atoms with Crippen LogP contribution in [0.25, 0.3) is 0 Å². The van der Waals surface area contributed by atoms with Crippen LogP contribution >= 0.6 is 0 Å². The highest BCUT2D eigenvalue weighted by molar-refractivity contribution is 6.45. The van der Waals surface area contributed by atoms with Gasteiger partial charge in [-0.25, -0.2) is 0 Å². The average Bonchev–Trinajstić information content (AvgIpc) is 1.84. The van der Waals surface area contributed by atoms with Gasteiger partial charge < -0.3 is 10.0 Å². The van der Waals surface area contributed by atoms with Gasteiger partial charge in [-0.2, -0.15) is 5.26 Å². The molecule has 56 valence electrons. The van der Waals surface area contributed by atoms with E-state index in [-0.39, 0.29) is 0 Å². The van der Waals surface area contributed by atoms with Crippen LogP contribution in [0.4, 0.5) is 0 Å². The van der Waals surface area contributed by atoms with Gasteiger partial charge in [-0.1, -0.05) is 13.8 Å². The number of rotatable bonds is 3. The van der Waals surface area contributed by atoms with Crippen molar-refractivity contribution in [1.82, 2.24) is 0 Å². The summed E-state index contributed by atoms with van der Waals surface area (Å²) in [5, 5.41) is 25.1. The molecule has 0 rings (SSSR count). The molecule has 0 spiro atoms. The molecule has 0 saturated carbocycles. The predicted octanol–water partition coefficient (Wildman–Crippen LogP) is 0.543. The molecular weight excluding hydrogens is 129 g/mol. The number of nitrogens with zero attached hydrogens (tertiary/aromatic N) is 1. The molecule has 3 nitrogen and oxygen atoms in total. The molecule has 0 bridgehead atoms. The maximum absolute atomic E-state index is 8.75. The highest BCUT2D eigenvalue weighted by atomic mass is 16.4. The third-order valence-corrected chi connectivity index (χ3v) is 1.58. The van der Waals surface area contributed by atoms with Gasteiger partial charge >= 0.3 is 7.12 Å². The lowest BCUT2D eigenvalue weighted by Gasteiger charge is -2.20. The van der Waals surface area contributed by atoms with E-state index in [2.05, 4.69) is 0 Å². The van der Waals surface area contributed by atoms with Crippen molar-refractivity contribution in [2.75, 3.05) is 0 Å². The minimum Gasteiger partial charge on any atom is -0.427 e. The molecule has 0 unspecified atom stereocenters. The van der Waals surface area contributed by atoms with Gasteiger partial charge in [0, 0.05) is 11.7 Å². The Hall–Kier alpha value is -0.525. The molecule has 0 aliphatic rings. The van der Waals surface area contributed by atoms with Crippen LogP contribution in [0.5, 0.6) is 0 Å². The van der Waals surface area contributed by atoms with Crippen molar-refractivity contribution in [3.8, 4) is 6.07 Å². The molecule has 10 heavy (non-hydrogen) atoms. The minimum atomic E-state index is -1.33. The fraction of sp³-hybridized carbons (Fsp3) is 0.833. The SMILES string of the molecule is CC(C)(CCC#N)B(O)O. The van der Waals surface area contributed by atoms with Crippen molar-refractivity contribution < 1.29 is 10.0 Å². The van der Waals surface area contributed by atoms with Crippen molar-refractivity contribution in [2.45, 2.75) is 32.0 Å². The van der Waals surface area contributed by atoms with Crippen molar-refractivity contribution >= 4 is 7.12 Å². The lowest BCUT2D eigenvalue weighted by molar-refractivity contribution is 0.345. The Morgan fingerprint density at radius 2 is 2.00 bits per heavy atom. The highest BCUT2D eigenvalue weighted by Gasteiger charge is 2.31. The van der Waals surface area contributed by atoms with Gasteiger partial charge in [0.2, 0.25) is 0 Å². The first kappa shape index (κ1) is 9.47. The van der Waals surface area contributed by atoms with E-state index in [0.717, 1.165) is 0 Å². The van der Waals surface area contributed by atoms with Crippen LogP contribution in [0.1, 0.15) is 26.7 Å². The second-order valence-corrected chi connectivity index (χ2v) is 3.02. The quantitative estimate of drug-likeness (QED) is 0.563. The van der Waals surface area contributed by atoms with E-state index in [0.29, 0.717) is 12.8 Å². The lowest BCUT2D eigenvalue weighted by Crippen LogP contribution is -2.27. The van der Waals surface area contributed by atoms with E-state index in [1.165, 1.54) is 0 Å². The van der Waals surface area contributed by atoms with Gasteiger partial charge in [0.25, 0.3) is 0 Å². The Morgan fingerprint density at radius 1 is 1.50 bits per heavy atom. The molecule has 0 saturated heterocycles. The van der Waals surface area contributed by atoms with Crippen LogP contribution < -0.4 is 0 Å². The third kappa shape index (κ3) is 2.86. The minimum absolute atomic E-state index is 0.366. The molecule has 0 radical (unpaired) electrons. The Kier molecular flexibility index (Phi) is 3.41. The Balaban J connectivity index is 3.77. The first-order chi connectivity index (χ1) is 4.50. The van der Waals surface area contributed by atoms with Crippen molar-refractivity contribution in [3.05, 3.63) is 0 Å². The summed E-state index contributed by atoms with van der Waals surface area (Å²) in [6, 6.07) is 1.96. The first-order valence-electron chi connectivity index (χ1n) is 3.24. The maximum atomic E-state index is 8.75. The molecule has 0 aromatic rings. The third-order valence-electron chi connectivity index (χ3n) is 1.58. The zero-order valence-electron chi connectivity index (χ0n) is 6.33. The van der Waals surface area contributed by atoms with Crippen LogP contribution in [-0.2, 0) is 0 Å². The molecule has 0 amide bonds. The zero-order chi connectivity index (χ0) is 8.20. The molecule has 4 heteroatoms. The summed E-state index contributed by atoms with van der Waals surface area (Å²) in [5.74, 6) is 0. The molecular formula is C6H12BNO2. The van der Waals surface area contributed by atoms with Gasteiger partial charge in [-0.15, -0.1) is 0 Å². The lowest BCUT2D eigenvalue weighted by atomic mass is 9.58. The van der Waals surface area contributed by atoms with Crippen molar-refractivity contribution in [2.24, 2.45) is 0 Å². The summed E-state index contributed by atoms with van der Waals surface area (Å²) in [6.45, 7) is 3.43. The smallest absolute Gasteiger partial charge is 0.427 e. The molecule has 0 aromatic heterocycles. The molecule has 0 aromatic carbocycles. The van der Waals surface area contributed by atoms with E-state index in [9.17, 15) is 0 Å². The van der Waals surface area contributed by atoms with Crippen molar-refractivity contribution in [1.29, 1.82) is 5.26 Å². The summed E-state index contributed by atoms with van der Waals surface area (Å²) < 4.78 is 0. The monoisotopic (exact) mass is 141 g/mol. The van der Waals surface area contributed by atoms with E-state index < -0.39 is 12.4 Å².